The van der Waals surface area contributed by atoms with E-state index >= 15 is 0 Å². The number of ether oxygens (including phenoxy) is 3. The number of methoxy groups -OCH3 is 3. The standard InChI is InChI=1S/C17H20N2O4/c1-21-14-9-13(10-15(22-2)17(14)23-3)18-11-16(20)19-12-7-5-4-6-8-12/h4-10,18H,11H2,1-3H3,(H,19,20). The van der Waals surface area contributed by atoms with Crippen molar-refractivity contribution in [3.63, 3.8) is 0 Å². The van der Waals surface area contributed by atoms with E-state index in [1.807, 2.05) is 30.3 Å². The molecular weight excluding hydrogens is 296 g/mol. The van der Waals surface area contributed by atoms with Gasteiger partial charge in [-0.3, -0.25) is 4.79 Å². The summed E-state index contributed by atoms with van der Waals surface area (Å²) >= 11 is 0. The molecule has 6 nitrogen and oxygen atoms in total. The minimum atomic E-state index is -0.148. The van der Waals surface area contributed by atoms with E-state index in [-0.39, 0.29) is 12.5 Å². The van der Waals surface area contributed by atoms with Gasteiger partial charge in [0.15, 0.2) is 11.5 Å². The highest BCUT2D eigenvalue weighted by Crippen LogP contribution is 2.39. The molecule has 0 radical (unpaired) electrons. The number of benzene rings is 2. The van der Waals surface area contributed by atoms with E-state index in [0.717, 1.165) is 5.69 Å². The molecule has 0 aliphatic heterocycles. The van der Waals surface area contributed by atoms with Gasteiger partial charge in [0.1, 0.15) is 0 Å². The normalized spacial score (nSPS) is 9.87. The van der Waals surface area contributed by atoms with Crippen molar-refractivity contribution in [2.24, 2.45) is 0 Å². The molecule has 0 atom stereocenters. The zero-order chi connectivity index (χ0) is 16.7. The number of nitrogens with one attached hydrogen (secondary N) is 2. The first-order chi connectivity index (χ1) is 11.2. The molecule has 0 fully saturated rings. The lowest BCUT2D eigenvalue weighted by molar-refractivity contribution is -0.114. The van der Waals surface area contributed by atoms with Gasteiger partial charge in [0.05, 0.1) is 27.9 Å². The fourth-order valence-electron chi connectivity index (χ4n) is 2.09. The van der Waals surface area contributed by atoms with Gasteiger partial charge < -0.3 is 24.8 Å². The molecule has 0 saturated heterocycles. The fourth-order valence-corrected chi connectivity index (χ4v) is 2.09. The van der Waals surface area contributed by atoms with Crippen LogP contribution in [0.1, 0.15) is 0 Å². The zero-order valence-corrected chi connectivity index (χ0v) is 13.4. The number of anilines is 2. The van der Waals surface area contributed by atoms with Gasteiger partial charge in [-0.2, -0.15) is 0 Å². The molecule has 0 aliphatic rings. The summed E-state index contributed by atoms with van der Waals surface area (Å²) in [6.07, 6.45) is 0. The van der Waals surface area contributed by atoms with E-state index in [9.17, 15) is 4.79 Å². The summed E-state index contributed by atoms with van der Waals surface area (Å²) in [6.45, 7) is 0.119. The number of carbonyl (C=O) groups is 1. The van der Waals surface area contributed by atoms with Crippen LogP contribution in [0.4, 0.5) is 11.4 Å². The molecule has 0 aliphatic carbocycles. The lowest BCUT2D eigenvalue weighted by atomic mass is 10.2. The molecule has 1 amide bonds. The van der Waals surface area contributed by atoms with Crippen LogP contribution in [0, 0.1) is 0 Å². The number of hydrogen-bond donors (Lipinski definition) is 2. The van der Waals surface area contributed by atoms with Crippen molar-refractivity contribution in [3.05, 3.63) is 42.5 Å². The molecule has 0 heterocycles. The van der Waals surface area contributed by atoms with E-state index in [1.165, 1.54) is 0 Å². The van der Waals surface area contributed by atoms with E-state index in [0.29, 0.717) is 22.9 Å². The summed E-state index contributed by atoms with van der Waals surface area (Å²) in [6, 6.07) is 12.8. The Labute approximate surface area is 135 Å². The van der Waals surface area contributed by atoms with Crippen LogP contribution in [0.25, 0.3) is 0 Å². The molecule has 23 heavy (non-hydrogen) atoms. The van der Waals surface area contributed by atoms with E-state index in [1.54, 1.807) is 33.5 Å². The van der Waals surface area contributed by atoms with Crippen LogP contribution < -0.4 is 24.8 Å². The lowest BCUT2D eigenvalue weighted by Gasteiger charge is -2.15. The number of amides is 1. The van der Waals surface area contributed by atoms with Crippen LogP contribution in [0.2, 0.25) is 0 Å². The fraction of sp³-hybridized carbons (Fsp3) is 0.235. The number of carbonyl (C=O) groups excluding carboxylic acids is 1. The van der Waals surface area contributed by atoms with Gasteiger partial charge >= 0.3 is 0 Å². The van der Waals surface area contributed by atoms with Gasteiger partial charge in [-0.25, -0.2) is 0 Å². The maximum Gasteiger partial charge on any atom is 0.243 e. The Morgan fingerprint density at radius 3 is 2.04 bits per heavy atom. The average molecular weight is 316 g/mol. The Kier molecular flexibility index (Phi) is 5.68. The minimum Gasteiger partial charge on any atom is -0.493 e. The Morgan fingerprint density at radius 1 is 0.913 bits per heavy atom. The van der Waals surface area contributed by atoms with Gasteiger partial charge in [0.2, 0.25) is 11.7 Å². The number of para-hydroxylation sites is 1. The topological polar surface area (TPSA) is 68.8 Å². The summed E-state index contributed by atoms with van der Waals surface area (Å²) in [5.41, 5.74) is 1.45. The predicted molar refractivity (Wildman–Crippen MR) is 89.7 cm³/mol. The van der Waals surface area contributed by atoms with Crippen LogP contribution in [-0.4, -0.2) is 33.8 Å². The maximum atomic E-state index is 12.0. The van der Waals surface area contributed by atoms with Gasteiger partial charge in [0.25, 0.3) is 0 Å². The van der Waals surface area contributed by atoms with Crippen molar-refractivity contribution in [1.82, 2.24) is 0 Å². The first-order valence-electron chi connectivity index (χ1n) is 7.06. The largest absolute Gasteiger partial charge is 0.493 e. The first-order valence-corrected chi connectivity index (χ1v) is 7.06. The van der Waals surface area contributed by atoms with Crippen molar-refractivity contribution >= 4 is 17.3 Å². The molecule has 0 saturated carbocycles. The average Bonchev–Trinajstić information content (AvgIpc) is 2.59. The molecule has 0 bridgehead atoms. The SMILES string of the molecule is COc1cc(NCC(=O)Nc2ccccc2)cc(OC)c1OC. The molecule has 2 aromatic rings. The highest BCUT2D eigenvalue weighted by Gasteiger charge is 2.13. The maximum absolute atomic E-state index is 12.0. The van der Waals surface area contributed by atoms with Crippen LogP contribution in [-0.2, 0) is 4.79 Å². The molecule has 122 valence electrons. The third kappa shape index (κ3) is 4.29. The van der Waals surface area contributed by atoms with Gasteiger partial charge in [-0.05, 0) is 12.1 Å². The third-order valence-corrected chi connectivity index (χ3v) is 3.18. The smallest absolute Gasteiger partial charge is 0.243 e. The summed E-state index contributed by atoms with van der Waals surface area (Å²) in [7, 11) is 4.63. The highest BCUT2D eigenvalue weighted by molar-refractivity contribution is 5.93. The molecule has 0 spiro atoms. The van der Waals surface area contributed by atoms with Gasteiger partial charge in [-0.1, -0.05) is 18.2 Å². The Balaban J connectivity index is 2.04. The molecule has 2 rings (SSSR count). The zero-order valence-electron chi connectivity index (χ0n) is 13.4. The predicted octanol–water partition coefficient (Wildman–Crippen LogP) is 2.76. The second-order valence-electron chi connectivity index (χ2n) is 4.68. The van der Waals surface area contributed by atoms with Crippen LogP contribution in [0.3, 0.4) is 0 Å². The summed E-state index contributed by atoms with van der Waals surface area (Å²) < 4.78 is 15.8. The summed E-state index contributed by atoms with van der Waals surface area (Å²) in [4.78, 5) is 12.0. The second-order valence-corrected chi connectivity index (χ2v) is 4.68. The highest BCUT2D eigenvalue weighted by atomic mass is 16.5. The van der Waals surface area contributed by atoms with Crippen molar-refractivity contribution in [1.29, 1.82) is 0 Å². The molecule has 6 heteroatoms. The van der Waals surface area contributed by atoms with Crippen molar-refractivity contribution < 1.29 is 19.0 Å². The Bertz CT molecular complexity index is 634. The van der Waals surface area contributed by atoms with E-state index in [4.69, 9.17) is 14.2 Å². The third-order valence-electron chi connectivity index (χ3n) is 3.18. The summed E-state index contributed by atoms with van der Waals surface area (Å²) in [5, 5.41) is 5.84. The van der Waals surface area contributed by atoms with Crippen molar-refractivity contribution in [2.75, 3.05) is 38.5 Å². The van der Waals surface area contributed by atoms with Crippen LogP contribution in [0.15, 0.2) is 42.5 Å². The van der Waals surface area contributed by atoms with Crippen LogP contribution in [0.5, 0.6) is 17.2 Å². The van der Waals surface area contributed by atoms with E-state index < -0.39 is 0 Å². The monoisotopic (exact) mass is 316 g/mol. The molecular formula is C17H20N2O4. The Morgan fingerprint density at radius 2 is 1.52 bits per heavy atom. The lowest BCUT2D eigenvalue weighted by Crippen LogP contribution is -2.21. The molecule has 0 unspecified atom stereocenters. The molecule has 0 aromatic heterocycles. The molecule has 2 N–H and O–H groups in total. The quantitative estimate of drug-likeness (QED) is 0.822. The second kappa shape index (κ2) is 7.93. The Hall–Kier alpha value is -2.89. The number of hydrogen-bond acceptors (Lipinski definition) is 5. The van der Waals surface area contributed by atoms with Gasteiger partial charge in [-0.15, -0.1) is 0 Å². The summed E-state index contributed by atoms with van der Waals surface area (Å²) in [5.74, 6) is 1.41. The minimum absolute atomic E-state index is 0.119. The van der Waals surface area contributed by atoms with E-state index in [2.05, 4.69) is 10.6 Å². The van der Waals surface area contributed by atoms with Crippen LogP contribution >= 0.6 is 0 Å². The van der Waals surface area contributed by atoms with Gasteiger partial charge in [0, 0.05) is 23.5 Å². The van der Waals surface area contributed by atoms with Crippen molar-refractivity contribution in [3.8, 4) is 17.2 Å². The molecule has 2 aromatic carbocycles. The first kappa shape index (κ1) is 16.5. The number of rotatable bonds is 7. The van der Waals surface area contributed by atoms with Crippen molar-refractivity contribution in [2.45, 2.75) is 0 Å².